The average molecular weight is 534 g/mol. The van der Waals surface area contributed by atoms with Crippen molar-refractivity contribution in [3.05, 3.63) is 53.1 Å². The maximum absolute atomic E-state index is 17.4. The molecule has 37 heavy (non-hydrogen) atoms. The Labute approximate surface area is 218 Å². The second-order valence-corrected chi connectivity index (χ2v) is 12.2. The number of alkyl halides is 2. The average Bonchev–Trinajstić information content (AvgIpc) is 3.35. The van der Waals surface area contributed by atoms with Gasteiger partial charge in [0.2, 0.25) is 0 Å². The highest BCUT2D eigenvalue weighted by Crippen LogP contribution is 2.72. The van der Waals surface area contributed by atoms with Crippen LogP contribution in [0.2, 0.25) is 5.02 Å². The number of allylic oxidation sites excluding steroid dienone is 4. The van der Waals surface area contributed by atoms with Gasteiger partial charge in [0.25, 0.3) is 0 Å². The Hall–Kier alpha value is -2.13. The minimum atomic E-state index is -2.24. The Morgan fingerprint density at radius 3 is 2.73 bits per heavy atom. The topological polar surface area (TPSA) is 87.1 Å². The Morgan fingerprint density at radius 2 is 2.03 bits per heavy atom. The van der Waals surface area contributed by atoms with Crippen molar-refractivity contribution in [2.24, 2.45) is 28.6 Å². The second kappa shape index (κ2) is 7.94. The molecule has 5 aliphatic rings. The largest absolute Gasteiger partial charge is 0.390 e. The van der Waals surface area contributed by atoms with Crippen LogP contribution >= 0.6 is 11.6 Å². The number of fused-ring (bicyclic) bond motifs is 7. The first-order valence-corrected chi connectivity index (χ1v) is 13.1. The first-order chi connectivity index (χ1) is 17.4. The van der Waals surface area contributed by atoms with Gasteiger partial charge in [0.05, 0.1) is 18.3 Å². The number of hydrogen-bond donors (Lipinski definition) is 2. The van der Waals surface area contributed by atoms with Crippen LogP contribution in [0.15, 0.2) is 48.1 Å². The van der Waals surface area contributed by atoms with Crippen LogP contribution in [0, 0.1) is 28.6 Å². The van der Waals surface area contributed by atoms with E-state index < -0.39 is 70.3 Å². The lowest BCUT2D eigenvalue weighted by molar-refractivity contribution is -0.228. The molecule has 1 aromatic rings. The molecule has 0 bridgehead atoms. The van der Waals surface area contributed by atoms with Crippen molar-refractivity contribution < 1.29 is 33.4 Å². The van der Waals surface area contributed by atoms with E-state index in [1.807, 2.05) is 0 Å². The quantitative estimate of drug-likeness (QED) is 0.612. The number of rotatable bonds is 3. The highest BCUT2D eigenvalue weighted by atomic mass is 35.5. The maximum atomic E-state index is 17.4. The van der Waals surface area contributed by atoms with E-state index in [0.717, 1.165) is 6.08 Å². The number of aliphatic hydroxyl groups excluding tert-OH is 2. The lowest BCUT2D eigenvalue weighted by Crippen LogP contribution is -2.70. The van der Waals surface area contributed by atoms with Gasteiger partial charge in [0.15, 0.2) is 22.8 Å². The third-order valence-corrected chi connectivity index (χ3v) is 10.5. The molecular formula is C28H30ClF2NO5. The van der Waals surface area contributed by atoms with E-state index in [1.54, 1.807) is 43.2 Å². The van der Waals surface area contributed by atoms with Crippen molar-refractivity contribution in [1.29, 1.82) is 0 Å². The Bertz CT molecular complexity index is 1250. The number of ketones is 2. The number of nitrogens with zero attached hydrogens (tertiary/aromatic N) is 1. The number of carbonyl (C=O) groups is 2. The number of hydrogen-bond acceptors (Lipinski definition) is 6. The van der Waals surface area contributed by atoms with Crippen molar-refractivity contribution in [3.63, 3.8) is 0 Å². The maximum Gasteiger partial charge on any atom is 0.193 e. The van der Waals surface area contributed by atoms with Crippen LogP contribution in [-0.4, -0.2) is 58.5 Å². The smallest absolute Gasteiger partial charge is 0.193 e. The van der Waals surface area contributed by atoms with E-state index in [-0.39, 0.29) is 18.4 Å². The molecule has 0 amide bonds. The second-order valence-electron chi connectivity index (χ2n) is 11.7. The van der Waals surface area contributed by atoms with Crippen LogP contribution in [-0.2, 0) is 14.4 Å². The van der Waals surface area contributed by atoms with Crippen LogP contribution in [0.25, 0.3) is 0 Å². The zero-order valence-electron chi connectivity index (χ0n) is 20.7. The van der Waals surface area contributed by atoms with Crippen molar-refractivity contribution in [2.75, 3.05) is 18.2 Å². The summed E-state index contributed by atoms with van der Waals surface area (Å²) in [6.45, 7) is 2.88. The standard InChI is InChI=1S/C28H30ClF2NO5/c1-25-7-6-18(34)10-21(25)22(30)11-20-19-8-15-13-32(17-5-3-4-16(29)9-17)37-28(15,24(36)14-33)26(19,2)12-23(35)27(20,25)31/h3-7,9-10,15,19-20,22-23,33,35H,8,11-14H2,1-2H3/t15-,19-,20-,22-,23-,25-,26-,27-,28-/m0/s1. The summed E-state index contributed by atoms with van der Waals surface area (Å²) in [5, 5.41) is 23.7. The molecule has 0 radical (unpaired) electrons. The van der Waals surface area contributed by atoms with Crippen LogP contribution in [0.5, 0.6) is 0 Å². The molecule has 3 saturated carbocycles. The van der Waals surface area contributed by atoms with Gasteiger partial charge in [-0.25, -0.2) is 8.78 Å². The Balaban J connectivity index is 1.45. The monoisotopic (exact) mass is 533 g/mol. The first kappa shape index (κ1) is 25.2. The van der Waals surface area contributed by atoms with Gasteiger partial charge in [0, 0.05) is 27.7 Å². The molecule has 1 saturated heterocycles. The number of anilines is 1. The number of halogens is 3. The van der Waals surface area contributed by atoms with Crippen LogP contribution < -0.4 is 5.06 Å². The molecule has 198 valence electrons. The number of benzene rings is 1. The SMILES string of the molecule is C[C@]12C=CC(=O)C=C1[C@@H](F)C[C@H]1[C@@H]3C[C@H]4CN(c5cccc(Cl)c5)O[C@@]4(C(=O)CO)[C@@]3(C)C[C@H](O)[C@@]12F. The molecule has 1 aromatic carbocycles. The first-order valence-electron chi connectivity index (χ1n) is 12.7. The lowest BCUT2D eigenvalue weighted by Gasteiger charge is -2.63. The normalized spacial score (nSPS) is 46.1. The highest BCUT2D eigenvalue weighted by molar-refractivity contribution is 6.30. The molecule has 4 aliphatic carbocycles. The summed E-state index contributed by atoms with van der Waals surface area (Å²) in [6.07, 6.45) is 0.743. The summed E-state index contributed by atoms with van der Waals surface area (Å²) in [6, 6.07) is 6.99. The lowest BCUT2D eigenvalue weighted by atomic mass is 9.44. The molecule has 0 aromatic heterocycles. The summed E-state index contributed by atoms with van der Waals surface area (Å²) >= 11 is 6.18. The fourth-order valence-electron chi connectivity index (χ4n) is 8.65. The highest BCUT2D eigenvalue weighted by Gasteiger charge is 2.79. The number of aliphatic hydroxyl groups is 2. The third kappa shape index (κ3) is 2.96. The van der Waals surface area contributed by atoms with Gasteiger partial charge in [-0.2, -0.15) is 0 Å². The van der Waals surface area contributed by atoms with Gasteiger partial charge < -0.3 is 10.2 Å². The van der Waals surface area contributed by atoms with Gasteiger partial charge >= 0.3 is 0 Å². The Kier molecular flexibility index (Phi) is 5.40. The Morgan fingerprint density at radius 1 is 1.27 bits per heavy atom. The van der Waals surface area contributed by atoms with E-state index in [0.29, 0.717) is 23.7 Å². The summed E-state index contributed by atoms with van der Waals surface area (Å²) in [4.78, 5) is 32.0. The predicted octanol–water partition coefficient (Wildman–Crippen LogP) is 3.94. The third-order valence-electron chi connectivity index (χ3n) is 10.3. The molecule has 1 aliphatic heterocycles. The van der Waals surface area contributed by atoms with Crippen molar-refractivity contribution in [3.8, 4) is 0 Å². The van der Waals surface area contributed by atoms with Gasteiger partial charge in [-0.05, 0) is 68.0 Å². The zero-order chi connectivity index (χ0) is 26.5. The number of Topliss-reactive ketones (excluding diaryl/α,β-unsaturated/α-hetero) is 1. The summed E-state index contributed by atoms with van der Waals surface area (Å²) in [7, 11) is 0. The van der Waals surface area contributed by atoms with Gasteiger partial charge in [-0.3, -0.25) is 19.5 Å². The van der Waals surface area contributed by atoms with E-state index in [2.05, 4.69) is 0 Å². The molecule has 2 N–H and O–H groups in total. The molecule has 9 atom stereocenters. The minimum Gasteiger partial charge on any atom is -0.390 e. The molecule has 6 nitrogen and oxygen atoms in total. The predicted molar refractivity (Wildman–Crippen MR) is 132 cm³/mol. The molecule has 6 rings (SSSR count). The van der Waals surface area contributed by atoms with E-state index in [9.17, 15) is 19.8 Å². The minimum absolute atomic E-state index is 0.0594. The van der Waals surface area contributed by atoms with E-state index in [4.69, 9.17) is 16.4 Å². The fourth-order valence-corrected chi connectivity index (χ4v) is 8.84. The van der Waals surface area contributed by atoms with E-state index in [1.165, 1.54) is 12.2 Å². The van der Waals surface area contributed by atoms with Gasteiger partial charge in [-0.15, -0.1) is 0 Å². The summed E-state index contributed by atoms with van der Waals surface area (Å²) in [5.74, 6) is -2.76. The number of carbonyl (C=O) groups excluding carboxylic acids is 2. The van der Waals surface area contributed by atoms with Crippen molar-refractivity contribution >= 4 is 28.9 Å². The summed E-state index contributed by atoms with van der Waals surface area (Å²) in [5.41, 5.74) is -5.62. The van der Waals surface area contributed by atoms with Crippen molar-refractivity contribution in [1.82, 2.24) is 0 Å². The van der Waals surface area contributed by atoms with E-state index >= 15 is 8.78 Å². The molecule has 4 fully saturated rings. The summed E-state index contributed by atoms with van der Waals surface area (Å²) < 4.78 is 33.0. The van der Waals surface area contributed by atoms with Gasteiger partial charge in [0.1, 0.15) is 12.8 Å². The molecule has 0 unspecified atom stereocenters. The van der Waals surface area contributed by atoms with Crippen molar-refractivity contribution in [2.45, 2.75) is 56.7 Å². The molecule has 9 heteroatoms. The van der Waals surface area contributed by atoms with Crippen LogP contribution in [0.3, 0.4) is 0 Å². The molecular weight excluding hydrogens is 504 g/mol. The van der Waals surface area contributed by atoms with Crippen LogP contribution in [0.4, 0.5) is 14.5 Å². The fraction of sp³-hybridized carbons (Fsp3) is 0.571. The zero-order valence-corrected chi connectivity index (χ0v) is 21.4. The molecule has 0 spiro atoms. The van der Waals surface area contributed by atoms with Crippen LogP contribution in [0.1, 0.15) is 33.1 Å². The van der Waals surface area contributed by atoms with Gasteiger partial charge in [-0.1, -0.05) is 30.7 Å². The number of hydroxylamine groups is 1. The molecule has 1 heterocycles.